The number of nitrogens with zero attached hydrogens (tertiary/aromatic N) is 1. The van der Waals surface area contributed by atoms with Crippen LogP contribution < -0.4 is 5.32 Å². The second-order valence-corrected chi connectivity index (χ2v) is 5.01. The van der Waals surface area contributed by atoms with E-state index in [-0.39, 0.29) is 6.04 Å². The molecule has 1 atom stereocenters. The monoisotopic (exact) mass is 252 g/mol. The van der Waals surface area contributed by atoms with Crippen molar-refractivity contribution >= 4 is 28.8 Å². The molecule has 0 bridgehead atoms. The first-order chi connectivity index (χ1) is 7.66. The van der Waals surface area contributed by atoms with Gasteiger partial charge in [-0.25, -0.2) is 4.98 Å². The number of nitrogens with one attached hydrogen (secondary N) is 1. The van der Waals surface area contributed by atoms with Crippen LogP contribution in [0.1, 0.15) is 23.4 Å². The van der Waals surface area contributed by atoms with E-state index in [1.54, 1.807) is 17.4 Å². The highest BCUT2D eigenvalue weighted by molar-refractivity contribution is 7.10. The van der Waals surface area contributed by atoms with Crippen molar-refractivity contribution in [3.63, 3.8) is 0 Å². The summed E-state index contributed by atoms with van der Waals surface area (Å²) >= 11 is 7.59. The fourth-order valence-corrected chi connectivity index (χ4v) is 2.70. The first kappa shape index (κ1) is 11.4. The largest absolute Gasteiger partial charge is 0.363 e. The standard InChI is InChI=1S/C12H13ClN2S/c1-8-6-7-16-12(8)9(2)14-11-5-3-4-10(13)15-11/h3-7,9H,1-2H3,(H,14,15). The van der Waals surface area contributed by atoms with Crippen molar-refractivity contribution in [1.29, 1.82) is 0 Å². The minimum atomic E-state index is 0.256. The zero-order valence-electron chi connectivity index (χ0n) is 9.20. The lowest BCUT2D eigenvalue weighted by Gasteiger charge is -2.14. The number of aryl methyl sites for hydroxylation is 1. The summed E-state index contributed by atoms with van der Waals surface area (Å²) < 4.78 is 0. The highest BCUT2D eigenvalue weighted by Gasteiger charge is 2.09. The van der Waals surface area contributed by atoms with Crippen LogP contribution >= 0.6 is 22.9 Å². The van der Waals surface area contributed by atoms with Gasteiger partial charge in [-0.05, 0) is 43.0 Å². The summed E-state index contributed by atoms with van der Waals surface area (Å²) in [5.41, 5.74) is 1.31. The number of hydrogen-bond donors (Lipinski definition) is 1. The summed E-state index contributed by atoms with van der Waals surface area (Å²) in [6.45, 7) is 4.25. The Bertz CT molecular complexity index is 481. The molecule has 0 amide bonds. The third kappa shape index (κ3) is 2.54. The maximum Gasteiger partial charge on any atom is 0.131 e. The van der Waals surface area contributed by atoms with E-state index in [2.05, 4.69) is 35.6 Å². The Labute approximate surface area is 104 Å². The van der Waals surface area contributed by atoms with Crippen LogP contribution in [0, 0.1) is 6.92 Å². The van der Waals surface area contributed by atoms with Crippen molar-refractivity contribution < 1.29 is 0 Å². The predicted molar refractivity (Wildman–Crippen MR) is 70.3 cm³/mol. The van der Waals surface area contributed by atoms with Crippen molar-refractivity contribution in [3.8, 4) is 0 Å². The molecule has 4 heteroatoms. The Morgan fingerprint density at radius 2 is 2.19 bits per heavy atom. The molecule has 2 aromatic rings. The Kier molecular flexibility index (Phi) is 3.46. The fraction of sp³-hybridized carbons (Fsp3) is 0.250. The summed E-state index contributed by atoms with van der Waals surface area (Å²) in [5.74, 6) is 0.813. The third-order valence-electron chi connectivity index (χ3n) is 2.37. The smallest absolute Gasteiger partial charge is 0.131 e. The molecule has 0 spiro atoms. The number of halogens is 1. The van der Waals surface area contributed by atoms with Gasteiger partial charge in [-0.2, -0.15) is 0 Å². The van der Waals surface area contributed by atoms with Gasteiger partial charge in [0.2, 0.25) is 0 Å². The minimum absolute atomic E-state index is 0.256. The van der Waals surface area contributed by atoms with Gasteiger partial charge in [-0.1, -0.05) is 17.7 Å². The maximum absolute atomic E-state index is 5.84. The number of rotatable bonds is 3. The molecule has 0 radical (unpaired) electrons. The van der Waals surface area contributed by atoms with Crippen molar-refractivity contribution in [3.05, 3.63) is 45.2 Å². The van der Waals surface area contributed by atoms with Gasteiger partial charge >= 0.3 is 0 Å². The molecule has 2 heterocycles. The summed E-state index contributed by atoms with van der Waals surface area (Å²) in [5, 5.41) is 5.96. The molecule has 84 valence electrons. The number of aromatic nitrogens is 1. The molecule has 0 aliphatic heterocycles. The number of hydrogen-bond acceptors (Lipinski definition) is 3. The van der Waals surface area contributed by atoms with E-state index in [0.717, 1.165) is 5.82 Å². The van der Waals surface area contributed by atoms with Crippen LogP contribution in [0.4, 0.5) is 5.82 Å². The lowest BCUT2D eigenvalue weighted by Crippen LogP contribution is -2.07. The molecule has 0 saturated heterocycles. The highest BCUT2D eigenvalue weighted by Crippen LogP contribution is 2.26. The molecule has 0 aliphatic carbocycles. The molecular weight excluding hydrogens is 240 g/mol. The number of pyridine rings is 1. The Morgan fingerprint density at radius 1 is 1.38 bits per heavy atom. The molecule has 2 nitrogen and oxygen atoms in total. The quantitative estimate of drug-likeness (QED) is 0.825. The van der Waals surface area contributed by atoms with Gasteiger partial charge in [0, 0.05) is 4.88 Å². The minimum Gasteiger partial charge on any atom is -0.363 e. The Morgan fingerprint density at radius 3 is 2.81 bits per heavy atom. The van der Waals surface area contributed by atoms with Crippen molar-refractivity contribution in [1.82, 2.24) is 4.98 Å². The van der Waals surface area contributed by atoms with E-state index < -0.39 is 0 Å². The molecular formula is C12H13ClN2S. The SMILES string of the molecule is Cc1ccsc1C(C)Nc1cccc(Cl)n1. The predicted octanol–water partition coefficient (Wildman–Crippen LogP) is 4.28. The normalized spacial score (nSPS) is 12.4. The zero-order chi connectivity index (χ0) is 11.5. The van der Waals surface area contributed by atoms with Gasteiger partial charge in [0.1, 0.15) is 11.0 Å². The van der Waals surface area contributed by atoms with E-state index >= 15 is 0 Å². The van der Waals surface area contributed by atoms with Gasteiger partial charge < -0.3 is 5.32 Å². The average Bonchev–Trinajstić information content (AvgIpc) is 2.64. The van der Waals surface area contributed by atoms with E-state index in [4.69, 9.17) is 11.6 Å². The van der Waals surface area contributed by atoms with E-state index in [1.807, 2.05) is 12.1 Å². The number of anilines is 1. The molecule has 2 rings (SSSR count). The van der Waals surface area contributed by atoms with Crippen LogP contribution in [0.25, 0.3) is 0 Å². The molecule has 1 N–H and O–H groups in total. The summed E-state index contributed by atoms with van der Waals surface area (Å²) in [7, 11) is 0. The first-order valence-corrected chi connectivity index (χ1v) is 6.35. The highest BCUT2D eigenvalue weighted by atomic mass is 35.5. The van der Waals surface area contributed by atoms with Crippen molar-refractivity contribution in [2.45, 2.75) is 19.9 Å². The van der Waals surface area contributed by atoms with Gasteiger partial charge in [0.15, 0.2) is 0 Å². The van der Waals surface area contributed by atoms with Gasteiger partial charge in [-0.15, -0.1) is 11.3 Å². The van der Waals surface area contributed by atoms with Crippen LogP contribution in [-0.2, 0) is 0 Å². The molecule has 0 fully saturated rings. The van der Waals surface area contributed by atoms with Crippen LogP contribution in [-0.4, -0.2) is 4.98 Å². The second kappa shape index (κ2) is 4.85. The molecule has 0 aliphatic rings. The van der Waals surface area contributed by atoms with E-state index in [1.165, 1.54) is 10.4 Å². The Hall–Kier alpha value is -1.06. The first-order valence-electron chi connectivity index (χ1n) is 5.10. The zero-order valence-corrected chi connectivity index (χ0v) is 10.8. The number of thiophene rings is 1. The molecule has 2 aromatic heterocycles. The molecule has 16 heavy (non-hydrogen) atoms. The molecule has 0 saturated carbocycles. The van der Waals surface area contributed by atoms with E-state index in [9.17, 15) is 0 Å². The fourth-order valence-electron chi connectivity index (χ4n) is 1.60. The Balaban J connectivity index is 2.14. The van der Waals surface area contributed by atoms with Crippen LogP contribution in [0.2, 0.25) is 5.15 Å². The average molecular weight is 253 g/mol. The van der Waals surface area contributed by atoms with Gasteiger partial charge in [0.05, 0.1) is 6.04 Å². The van der Waals surface area contributed by atoms with E-state index in [0.29, 0.717) is 5.15 Å². The van der Waals surface area contributed by atoms with Crippen LogP contribution in [0.15, 0.2) is 29.6 Å². The summed E-state index contributed by atoms with van der Waals surface area (Å²) in [4.78, 5) is 5.55. The van der Waals surface area contributed by atoms with Gasteiger partial charge in [0.25, 0.3) is 0 Å². The lowest BCUT2D eigenvalue weighted by atomic mass is 10.2. The molecule has 0 aromatic carbocycles. The summed E-state index contributed by atoms with van der Waals surface area (Å²) in [6, 6.07) is 7.97. The topological polar surface area (TPSA) is 24.9 Å². The third-order valence-corrected chi connectivity index (χ3v) is 3.79. The summed E-state index contributed by atoms with van der Waals surface area (Å²) in [6.07, 6.45) is 0. The maximum atomic E-state index is 5.84. The van der Waals surface area contributed by atoms with Crippen LogP contribution in [0.3, 0.4) is 0 Å². The second-order valence-electron chi connectivity index (χ2n) is 3.68. The van der Waals surface area contributed by atoms with Gasteiger partial charge in [-0.3, -0.25) is 0 Å². The van der Waals surface area contributed by atoms with Crippen LogP contribution in [0.5, 0.6) is 0 Å². The van der Waals surface area contributed by atoms with Crippen molar-refractivity contribution in [2.75, 3.05) is 5.32 Å². The van der Waals surface area contributed by atoms with Crippen molar-refractivity contribution in [2.24, 2.45) is 0 Å². The molecule has 1 unspecified atom stereocenters. The lowest BCUT2D eigenvalue weighted by molar-refractivity contribution is 0.888.